The van der Waals surface area contributed by atoms with Gasteiger partial charge in [-0.3, -0.25) is 14.7 Å². The molecule has 7 heteroatoms. The molecule has 2 aromatic carbocycles. The van der Waals surface area contributed by atoms with E-state index in [4.69, 9.17) is 9.73 Å². The van der Waals surface area contributed by atoms with E-state index in [0.717, 1.165) is 11.3 Å². The van der Waals surface area contributed by atoms with Gasteiger partial charge < -0.3 is 10.1 Å². The fraction of sp³-hybridized carbons (Fsp3) is 0.150. The summed E-state index contributed by atoms with van der Waals surface area (Å²) >= 11 is 0. The van der Waals surface area contributed by atoms with Gasteiger partial charge in [0.2, 0.25) is 11.9 Å². The summed E-state index contributed by atoms with van der Waals surface area (Å²) in [6.07, 6.45) is -0.514. The standard InChI is InChI=1S/C20H19N5O2/c1-13-12-17(26)25-18(14-8-4-3-5-9-14)23-19(24-20(25)21-13)22-15-10-6-7-11-16(15)27-2/h3-12,18H,1-2H3,(H2,21,22,23,24)/t18-/m1/s1. The van der Waals surface area contributed by atoms with Gasteiger partial charge in [-0.1, -0.05) is 42.5 Å². The Morgan fingerprint density at radius 2 is 1.85 bits per heavy atom. The highest BCUT2D eigenvalue weighted by Crippen LogP contribution is 2.28. The number of rotatable bonds is 3. The lowest BCUT2D eigenvalue weighted by Crippen LogP contribution is -2.37. The molecule has 4 rings (SSSR count). The first kappa shape index (κ1) is 16.8. The summed E-state index contributed by atoms with van der Waals surface area (Å²) in [6.45, 7) is 1.79. The number of methoxy groups -OCH3 is 1. The number of nitrogens with one attached hydrogen (secondary N) is 2. The highest BCUT2D eigenvalue weighted by atomic mass is 16.5. The van der Waals surface area contributed by atoms with Crippen LogP contribution in [0.25, 0.3) is 0 Å². The second kappa shape index (κ2) is 6.95. The Labute approximate surface area is 156 Å². The number of benzene rings is 2. The Bertz CT molecular complexity index is 1060. The summed E-state index contributed by atoms with van der Waals surface area (Å²) in [4.78, 5) is 21.8. The minimum atomic E-state index is -0.514. The number of aliphatic imine (C=N–C) groups is 1. The molecule has 0 radical (unpaired) electrons. The van der Waals surface area contributed by atoms with Crippen LogP contribution in [0.1, 0.15) is 17.4 Å². The topological polar surface area (TPSA) is 80.5 Å². The Morgan fingerprint density at radius 1 is 1.11 bits per heavy atom. The summed E-state index contributed by atoms with van der Waals surface area (Å²) in [5.41, 5.74) is 2.15. The van der Waals surface area contributed by atoms with Crippen LogP contribution < -0.4 is 20.9 Å². The Hall–Kier alpha value is -3.61. The number of aryl methyl sites for hydroxylation is 1. The van der Waals surface area contributed by atoms with Crippen molar-refractivity contribution in [1.82, 2.24) is 9.55 Å². The van der Waals surface area contributed by atoms with Crippen LogP contribution in [-0.2, 0) is 0 Å². The van der Waals surface area contributed by atoms with Gasteiger partial charge in [0.25, 0.3) is 5.56 Å². The first-order chi connectivity index (χ1) is 13.2. The first-order valence-electron chi connectivity index (χ1n) is 8.55. The van der Waals surface area contributed by atoms with E-state index < -0.39 is 6.17 Å². The fourth-order valence-corrected chi connectivity index (χ4v) is 3.04. The number of aromatic nitrogens is 2. The van der Waals surface area contributed by atoms with Crippen LogP contribution in [0.4, 0.5) is 11.6 Å². The van der Waals surface area contributed by atoms with E-state index in [2.05, 4.69) is 15.6 Å². The molecule has 0 aliphatic carbocycles. The zero-order chi connectivity index (χ0) is 18.8. The van der Waals surface area contributed by atoms with Gasteiger partial charge in [0, 0.05) is 11.8 Å². The maximum absolute atomic E-state index is 12.6. The van der Waals surface area contributed by atoms with Gasteiger partial charge >= 0.3 is 0 Å². The molecule has 1 aliphatic rings. The SMILES string of the molecule is COc1ccccc1NC1=N[C@@H](c2ccccc2)n2c(nc(C)cc2=O)N1. The van der Waals surface area contributed by atoms with Crippen molar-refractivity contribution in [3.05, 3.63) is 82.3 Å². The minimum Gasteiger partial charge on any atom is -0.495 e. The molecule has 2 heterocycles. The molecule has 1 aromatic heterocycles. The molecule has 7 nitrogen and oxygen atoms in total. The lowest BCUT2D eigenvalue weighted by atomic mass is 10.1. The number of hydrogen-bond acceptors (Lipinski definition) is 6. The minimum absolute atomic E-state index is 0.154. The lowest BCUT2D eigenvalue weighted by Gasteiger charge is -2.27. The van der Waals surface area contributed by atoms with Crippen LogP contribution in [0.5, 0.6) is 5.75 Å². The monoisotopic (exact) mass is 361 g/mol. The van der Waals surface area contributed by atoms with Crippen molar-refractivity contribution in [3.63, 3.8) is 0 Å². The van der Waals surface area contributed by atoms with Crippen molar-refractivity contribution in [3.8, 4) is 5.75 Å². The van der Waals surface area contributed by atoms with Gasteiger partial charge in [-0.25, -0.2) is 9.98 Å². The number of para-hydroxylation sites is 2. The molecule has 0 saturated carbocycles. The van der Waals surface area contributed by atoms with Crippen molar-refractivity contribution in [2.45, 2.75) is 13.1 Å². The van der Waals surface area contributed by atoms with E-state index >= 15 is 0 Å². The molecule has 0 spiro atoms. The smallest absolute Gasteiger partial charge is 0.257 e. The van der Waals surface area contributed by atoms with E-state index in [1.54, 1.807) is 18.6 Å². The van der Waals surface area contributed by atoms with Crippen molar-refractivity contribution in [2.75, 3.05) is 17.7 Å². The van der Waals surface area contributed by atoms with Crippen LogP contribution in [0.2, 0.25) is 0 Å². The van der Waals surface area contributed by atoms with Crippen LogP contribution in [0, 0.1) is 6.92 Å². The first-order valence-corrected chi connectivity index (χ1v) is 8.55. The summed E-state index contributed by atoms with van der Waals surface area (Å²) in [7, 11) is 1.61. The molecule has 0 saturated heterocycles. The van der Waals surface area contributed by atoms with Crippen molar-refractivity contribution in [2.24, 2.45) is 4.99 Å². The van der Waals surface area contributed by atoms with Crippen molar-refractivity contribution < 1.29 is 4.74 Å². The van der Waals surface area contributed by atoms with E-state index in [0.29, 0.717) is 23.4 Å². The van der Waals surface area contributed by atoms with Gasteiger partial charge in [-0.2, -0.15) is 0 Å². The highest BCUT2D eigenvalue weighted by Gasteiger charge is 2.25. The third kappa shape index (κ3) is 3.27. The molecular formula is C20H19N5O2. The normalized spacial score (nSPS) is 15.3. The highest BCUT2D eigenvalue weighted by molar-refractivity contribution is 6.04. The van der Waals surface area contributed by atoms with Crippen LogP contribution >= 0.6 is 0 Å². The largest absolute Gasteiger partial charge is 0.495 e. The number of ether oxygens (including phenoxy) is 1. The predicted molar refractivity (Wildman–Crippen MR) is 105 cm³/mol. The van der Waals surface area contributed by atoms with Gasteiger partial charge in [-0.15, -0.1) is 0 Å². The maximum atomic E-state index is 12.6. The molecule has 136 valence electrons. The molecule has 27 heavy (non-hydrogen) atoms. The lowest BCUT2D eigenvalue weighted by molar-refractivity contribution is 0.417. The molecule has 0 bridgehead atoms. The second-order valence-electron chi connectivity index (χ2n) is 6.14. The number of fused-ring (bicyclic) bond motifs is 1. The van der Waals surface area contributed by atoms with E-state index in [9.17, 15) is 4.79 Å². The molecular weight excluding hydrogens is 342 g/mol. The Morgan fingerprint density at radius 3 is 2.63 bits per heavy atom. The van der Waals surface area contributed by atoms with Crippen LogP contribution in [-0.4, -0.2) is 22.6 Å². The average Bonchev–Trinajstić information content (AvgIpc) is 2.68. The Kier molecular flexibility index (Phi) is 4.33. The van der Waals surface area contributed by atoms with E-state index in [1.807, 2.05) is 54.6 Å². The summed E-state index contributed by atoms with van der Waals surface area (Å²) in [5.74, 6) is 1.63. The molecule has 1 atom stereocenters. The maximum Gasteiger partial charge on any atom is 0.257 e. The van der Waals surface area contributed by atoms with Gasteiger partial charge in [0.05, 0.1) is 12.8 Å². The van der Waals surface area contributed by atoms with E-state index in [-0.39, 0.29) is 5.56 Å². The molecule has 1 aliphatic heterocycles. The average molecular weight is 361 g/mol. The van der Waals surface area contributed by atoms with Crippen LogP contribution in [0.3, 0.4) is 0 Å². The zero-order valence-corrected chi connectivity index (χ0v) is 15.0. The van der Waals surface area contributed by atoms with Gasteiger partial charge in [0.15, 0.2) is 6.17 Å². The second-order valence-corrected chi connectivity index (χ2v) is 6.14. The van der Waals surface area contributed by atoms with Crippen molar-refractivity contribution >= 4 is 17.6 Å². The summed E-state index contributed by atoms with van der Waals surface area (Å²) in [5, 5.41) is 6.35. The third-order valence-corrected chi connectivity index (χ3v) is 4.26. The molecule has 0 fully saturated rings. The predicted octanol–water partition coefficient (Wildman–Crippen LogP) is 3.00. The molecule has 0 amide bonds. The van der Waals surface area contributed by atoms with Gasteiger partial charge in [0.1, 0.15) is 5.75 Å². The van der Waals surface area contributed by atoms with E-state index in [1.165, 1.54) is 6.07 Å². The number of guanidine groups is 1. The third-order valence-electron chi connectivity index (χ3n) is 4.26. The number of anilines is 2. The van der Waals surface area contributed by atoms with Crippen molar-refractivity contribution in [1.29, 1.82) is 0 Å². The fourth-order valence-electron chi connectivity index (χ4n) is 3.04. The quantitative estimate of drug-likeness (QED) is 0.750. The van der Waals surface area contributed by atoms with Crippen LogP contribution in [0.15, 0.2) is 70.5 Å². The summed E-state index contributed by atoms with van der Waals surface area (Å²) in [6, 6.07) is 18.7. The molecule has 3 aromatic rings. The summed E-state index contributed by atoms with van der Waals surface area (Å²) < 4.78 is 6.94. The molecule has 2 N–H and O–H groups in total. The number of hydrogen-bond donors (Lipinski definition) is 2. The van der Waals surface area contributed by atoms with Gasteiger partial charge in [-0.05, 0) is 24.6 Å². The molecule has 0 unspecified atom stereocenters. The number of nitrogens with zero attached hydrogens (tertiary/aromatic N) is 3. The zero-order valence-electron chi connectivity index (χ0n) is 15.0. The Balaban J connectivity index is 1.80.